The van der Waals surface area contributed by atoms with E-state index in [0.29, 0.717) is 22.3 Å². The smallest absolute Gasteiger partial charge is 0.306 e. The van der Waals surface area contributed by atoms with Crippen molar-refractivity contribution in [3.63, 3.8) is 0 Å². The maximum Gasteiger partial charge on any atom is 0.306 e. The third-order valence-corrected chi connectivity index (χ3v) is 4.79. The van der Waals surface area contributed by atoms with E-state index in [1.54, 1.807) is 12.1 Å². The molecule has 144 valence electrons. The molecular formula is C19H22ClN3O3S. The average Bonchev–Trinajstić information content (AvgIpc) is 2.61. The van der Waals surface area contributed by atoms with Gasteiger partial charge >= 0.3 is 5.97 Å². The number of hydrogen-bond acceptors (Lipinski definition) is 6. The Morgan fingerprint density at radius 3 is 2.44 bits per heavy atom. The first-order valence-corrected chi connectivity index (χ1v) is 10.00. The summed E-state index contributed by atoms with van der Waals surface area (Å²) in [6.45, 7) is 5.34. The van der Waals surface area contributed by atoms with Gasteiger partial charge in [-0.1, -0.05) is 29.4 Å². The van der Waals surface area contributed by atoms with Crippen LogP contribution in [-0.4, -0.2) is 34.7 Å². The highest BCUT2D eigenvalue weighted by molar-refractivity contribution is 7.98. The van der Waals surface area contributed by atoms with Gasteiger partial charge in [-0.15, -0.1) is 0 Å². The fourth-order valence-corrected chi connectivity index (χ4v) is 3.25. The van der Waals surface area contributed by atoms with Gasteiger partial charge in [-0.2, -0.15) is 0 Å². The van der Waals surface area contributed by atoms with Gasteiger partial charge in [0.15, 0.2) is 11.8 Å². The lowest BCUT2D eigenvalue weighted by atomic mass is 10.1. The van der Waals surface area contributed by atoms with Gasteiger partial charge in [-0.3, -0.25) is 9.59 Å². The van der Waals surface area contributed by atoms with E-state index in [0.717, 1.165) is 22.5 Å². The van der Waals surface area contributed by atoms with Crippen molar-refractivity contribution in [2.45, 2.75) is 38.8 Å². The molecule has 27 heavy (non-hydrogen) atoms. The van der Waals surface area contributed by atoms with Gasteiger partial charge in [0, 0.05) is 17.8 Å². The normalized spacial score (nSPS) is 10.6. The molecule has 0 unspecified atom stereocenters. The third kappa shape index (κ3) is 6.22. The Bertz CT molecular complexity index is 835. The molecule has 0 saturated carbocycles. The largest absolute Gasteiger partial charge is 0.456 e. The molecule has 1 amide bonds. The zero-order valence-electron chi connectivity index (χ0n) is 15.8. The first-order valence-electron chi connectivity index (χ1n) is 8.40. The topological polar surface area (TPSA) is 81.2 Å². The summed E-state index contributed by atoms with van der Waals surface area (Å²) in [4.78, 5) is 32.7. The molecule has 1 N–H and O–H groups in total. The second-order valence-electron chi connectivity index (χ2n) is 6.05. The molecule has 1 aromatic carbocycles. The summed E-state index contributed by atoms with van der Waals surface area (Å²) in [5.41, 5.74) is 4.11. The van der Waals surface area contributed by atoms with E-state index in [9.17, 15) is 9.59 Å². The van der Waals surface area contributed by atoms with Gasteiger partial charge in [-0.25, -0.2) is 9.97 Å². The van der Waals surface area contributed by atoms with Gasteiger partial charge in [0.2, 0.25) is 0 Å². The molecule has 0 aliphatic rings. The molecule has 8 heteroatoms. The first-order chi connectivity index (χ1) is 12.8. The Balaban J connectivity index is 1.83. The maximum absolute atomic E-state index is 12.0. The van der Waals surface area contributed by atoms with E-state index in [4.69, 9.17) is 16.3 Å². The minimum atomic E-state index is -0.451. The number of carbonyl (C=O) groups is 2. The highest BCUT2D eigenvalue weighted by Crippen LogP contribution is 2.22. The van der Waals surface area contributed by atoms with E-state index in [-0.39, 0.29) is 13.0 Å². The molecule has 0 spiro atoms. The van der Waals surface area contributed by atoms with Crippen molar-refractivity contribution >= 4 is 40.9 Å². The monoisotopic (exact) mass is 407 g/mol. The van der Waals surface area contributed by atoms with Crippen LogP contribution in [0.25, 0.3) is 0 Å². The van der Waals surface area contributed by atoms with Crippen LogP contribution in [0.1, 0.15) is 28.9 Å². The van der Waals surface area contributed by atoms with Crippen LogP contribution >= 0.6 is 23.4 Å². The SMILES string of the molecule is CSc1nc(C)c(CCC(=O)OCC(=O)Nc2ccc(C)cc2Cl)c(C)n1. The molecule has 0 aliphatic carbocycles. The van der Waals surface area contributed by atoms with Gasteiger partial charge in [-0.05, 0) is 56.7 Å². The number of amides is 1. The molecule has 1 heterocycles. The summed E-state index contributed by atoms with van der Waals surface area (Å²) in [6.07, 6.45) is 2.54. The van der Waals surface area contributed by atoms with Crippen molar-refractivity contribution in [3.8, 4) is 0 Å². The molecule has 0 radical (unpaired) electrons. The molecule has 6 nitrogen and oxygen atoms in total. The quantitative estimate of drug-likeness (QED) is 0.426. The van der Waals surface area contributed by atoms with Crippen molar-refractivity contribution < 1.29 is 14.3 Å². The van der Waals surface area contributed by atoms with Gasteiger partial charge in [0.1, 0.15) is 0 Å². The number of halogens is 1. The first kappa shape index (κ1) is 21.2. The molecule has 2 aromatic rings. The number of hydrogen-bond donors (Lipinski definition) is 1. The summed E-state index contributed by atoms with van der Waals surface area (Å²) in [7, 11) is 0. The lowest BCUT2D eigenvalue weighted by Gasteiger charge is -2.10. The molecule has 0 saturated heterocycles. The van der Waals surface area contributed by atoms with Crippen molar-refractivity contribution in [1.82, 2.24) is 9.97 Å². The van der Waals surface area contributed by atoms with E-state index in [1.807, 2.05) is 33.1 Å². The van der Waals surface area contributed by atoms with Crippen LogP contribution in [0.5, 0.6) is 0 Å². The van der Waals surface area contributed by atoms with E-state index >= 15 is 0 Å². The fraction of sp³-hybridized carbons (Fsp3) is 0.368. The number of rotatable bonds is 7. The van der Waals surface area contributed by atoms with Crippen molar-refractivity contribution in [1.29, 1.82) is 0 Å². The third-order valence-electron chi connectivity index (χ3n) is 3.92. The number of ether oxygens (including phenoxy) is 1. The van der Waals surface area contributed by atoms with E-state index < -0.39 is 11.9 Å². The molecule has 2 rings (SSSR count). The fourth-order valence-electron chi connectivity index (χ4n) is 2.51. The Kier molecular flexibility index (Phi) is 7.62. The molecule has 0 fully saturated rings. The van der Waals surface area contributed by atoms with Crippen molar-refractivity contribution in [3.05, 3.63) is 45.7 Å². The number of nitrogens with zero attached hydrogens (tertiary/aromatic N) is 2. The summed E-state index contributed by atoms with van der Waals surface area (Å²) in [5.74, 6) is -0.887. The van der Waals surface area contributed by atoms with Crippen LogP contribution in [0.15, 0.2) is 23.4 Å². The van der Waals surface area contributed by atoms with E-state index in [2.05, 4.69) is 15.3 Å². The van der Waals surface area contributed by atoms with Crippen LogP contribution in [0, 0.1) is 20.8 Å². The predicted octanol–water partition coefficient (Wildman–Crippen LogP) is 3.89. The molecule has 1 aromatic heterocycles. The number of carbonyl (C=O) groups excluding carboxylic acids is 2. The molecule has 0 atom stereocenters. The summed E-state index contributed by atoms with van der Waals surface area (Å²) >= 11 is 7.55. The number of esters is 1. The second kappa shape index (κ2) is 9.71. The standard InChI is InChI=1S/C19H22ClN3O3S/c1-11-5-7-16(15(20)9-11)23-17(24)10-26-18(25)8-6-14-12(2)21-19(27-4)22-13(14)3/h5,7,9H,6,8,10H2,1-4H3,(H,23,24). The maximum atomic E-state index is 12.0. The zero-order valence-corrected chi connectivity index (χ0v) is 17.3. The Morgan fingerprint density at radius 1 is 1.19 bits per heavy atom. The van der Waals surface area contributed by atoms with Gasteiger partial charge < -0.3 is 10.1 Å². The van der Waals surface area contributed by atoms with Crippen LogP contribution < -0.4 is 5.32 Å². The van der Waals surface area contributed by atoms with E-state index in [1.165, 1.54) is 11.8 Å². The molecular weight excluding hydrogens is 386 g/mol. The number of benzene rings is 1. The number of thioether (sulfide) groups is 1. The highest BCUT2D eigenvalue weighted by atomic mass is 35.5. The number of nitrogens with one attached hydrogen (secondary N) is 1. The van der Waals surface area contributed by atoms with Crippen LogP contribution in [0.3, 0.4) is 0 Å². The lowest BCUT2D eigenvalue weighted by Crippen LogP contribution is -2.21. The predicted molar refractivity (Wildman–Crippen MR) is 107 cm³/mol. The van der Waals surface area contributed by atoms with Gasteiger partial charge in [0.05, 0.1) is 10.7 Å². The summed E-state index contributed by atoms with van der Waals surface area (Å²) in [5, 5.41) is 3.78. The average molecular weight is 408 g/mol. The number of aromatic nitrogens is 2. The van der Waals surface area contributed by atoms with Crippen molar-refractivity contribution in [2.24, 2.45) is 0 Å². The van der Waals surface area contributed by atoms with Crippen LogP contribution in [-0.2, 0) is 20.7 Å². The zero-order chi connectivity index (χ0) is 20.0. The van der Waals surface area contributed by atoms with Crippen LogP contribution in [0.4, 0.5) is 5.69 Å². The second-order valence-corrected chi connectivity index (χ2v) is 7.23. The van der Waals surface area contributed by atoms with Crippen LogP contribution in [0.2, 0.25) is 5.02 Å². The lowest BCUT2D eigenvalue weighted by molar-refractivity contribution is -0.147. The minimum absolute atomic E-state index is 0.155. The minimum Gasteiger partial charge on any atom is -0.456 e. The highest BCUT2D eigenvalue weighted by Gasteiger charge is 2.13. The Morgan fingerprint density at radius 2 is 1.85 bits per heavy atom. The van der Waals surface area contributed by atoms with Gasteiger partial charge in [0.25, 0.3) is 5.91 Å². The summed E-state index contributed by atoms with van der Waals surface area (Å²) in [6, 6.07) is 5.29. The summed E-state index contributed by atoms with van der Waals surface area (Å²) < 4.78 is 5.05. The Hall–Kier alpha value is -2.12. The Labute approximate surface area is 168 Å². The van der Waals surface area contributed by atoms with Crippen molar-refractivity contribution in [2.75, 3.05) is 18.2 Å². The molecule has 0 aliphatic heterocycles. The molecule has 0 bridgehead atoms. The number of aryl methyl sites for hydroxylation is 3. The number of anilines is 1.